The SMILES string of the molecule is COc1cc(C)c(/C(O)=C2\C(=O)C(=O)N(c3ccc(S(N)(=O)=O)cc3)C2c2ccccn2)cc1C. The van der Waals surface area contributed by atoms with Crippen molar-refractivity contribution < 1.29 is 27.9 Å². The number of ketones is 1. The van der Waals surface area contributed by atoms with Gasteiger partial charge in [-0.2, -0.15) is 0 Å². The van der Waals surface area contributed by atoms with Crippen LogP contribution in [-0.2, 0) is 19.6 Å². The Morgan fingerprint density at radius 2 is 1.74 bits per heavy atom. The monoisotopic (exact) mass is 493 g/mol. The maximum Gasteiger partial charge on any atom is 0.300 e. The van der Waals surface area contributed by atoms with Gasteiger partial charge in [0.2, 0.25) is 10.0 Å². The van der Waals surface area contributed by atoms with Crippen LogP contribution in [0.15, 0.2) is 71.3 Å². The maximum absolute atomic E-state index is 13.3. The Bertz CT molecular complexity index is 1470. The Kier molecular flexibility index (Phi) is 6.18. The highest BCUT2D eigenvalue weighted by molar-refractivity contribution is 7.89. The first-order chi connectivity index (χ1) is 16.5. The van der Waals surface area contributed by atoms with Crippen LogP contribution in [0.5, 0.6) is 5.75 Å². The average molecular weight is 494 g/mol. The number of nitrogens with two attached hydrogens (primary N) is 1. The molecule has 2 aromatic carbocycles. The number of sulfonamides is 1. The molecule has 1 amide bonds. The molecule has 35 heavy (non-hydrogen) atoms. The molecule has 0 radical (unpaired) electrons. The van der Waals surface area contributed by atoms with Crippen molar-refractivity contribution in [3.63, 3.8) is 0 Å². The van der Waals surface area contributed by atoms with Gasteiger partial charge < -0.3 is 9.84 Å². The fraction of sp³-hybridized carbons (Fsp3) is 0.160. The number of anilines is 1. The molecular formula is C25H23N3O6S. The highest BCUT2D eigenvalue weighted by Gasteiger charge is 2.47. The molecule has 180 valence electrons. The summed E-state index contributed by atoms with van der Waals surface area (Å²) in [5.74, 6) is -1.49. The molecule has 1 unspecified atom stereocenters. The smallest absolute Gasteiger partial charge is 0.300 e. The minimum atomic E-state index is -3.95. The predicted octanol–water partition coefficient (Wildman–Crippen LogP) is 2.98. The quantitative estimate of drug-likeness (QED) is 0.316. The van der Waals surface area contributed by atoms with Crippen LogP contribution in [0.3, 0.4) is 0 Å². The third-order valence-corrected chi connectivity index (χ3v) is 6.78. The van der Waals surface area contributed by atoms with Gasteiger partial charge in [-0.1, -0.05) is 6.07 Å². The van der Waals surface area contributed by atoms with Crippen molar-refractivity contribution in [2.24, 2.45) is 5.14 Å². The van der Waals surface area contributed by atoms with Gasteiger partial charge in [-0.25, -0.2) is 13.6 Å². The van der Waals surface area contributed by atoms with E-state index in [1.165, 1.54) is 42.5 Å². The number of aromatic nitrogens is 1. The largest absolute Gasteiger partial charge is 0.507 e. The summed E-state index contributed by atoms with van der Waals surface area (Å²) in [5.41, 5.74) is 2.24. The van der Waals surface area contributed by atoms with E-state index >= 15 is 0 Å². The van der Waals surface area contributed by atoms with E-state index in [9.17, 15) is 23.1 Å². The number of nitrogens with zero attached hydrogens (tertiary/aromatic N) is 2. The molecule has 1 aliphatic rings. The number of hydrogen-bond donors (Lipinski definition) is 2. The summed E-state index contributed by atoms with van der Waals surface area (Å²) in [5, 5.41) is 16.5. The van der Waals surface area contributed by atoms with Crippen LogP contribution in [0.1, 0.15) is 28.4 Å². The standard InChI is InChI=1S/C25H23N3O6S/c1-14-13-20(34-3)15(2)12-18(14)23(29)21-22(19-6-4-5-11-27-19)28(25(31)24(21)30)16-7-9-17(10-8-16)35(26,32)33/h4-13,22,29H,1-3H3,(H2,26,32,33)/b23-21+. The Morgan fingerprint density at radius 1 is 1.06 bits per heavy atom. The molecular weight excluding hydrogens is 470 g/mol. The van der Waals surface area contributed by atoms with Crippen LogP contribution in [-0.4, -0.2) is 37.3 Å². The van der Waals surface area contributed by atoms with E-state index in [4.69, 9.17) is 9.88 Å². The number of pyridine rings is 1. The molecule has 0 aliphatic carbocycles. The van der Waals surface area contributed by atoms with E-state index in [1.807, 2.05) is 0 Å². The van der Waals surface area contributed by atoms with Crippen molar-refractivity contribution in [3.8, 4) is 5.75 Å². The zero-order chi connectivity index (χ0) is 25.5. The molecule has 4 rings (SSSR count). The van der Waals surface area contributed by atoms with Gasteiger partial charge in [0.05, 0.1) is 23.3 Å². The number of aryl methyl sites for hydroxylation is 2. The summed E-state index contributed by atoms with van der Waals surface area (Å²) in [4.78, 5) is 31.8. The third kappa shape index (κ3) is 4.29. The van der Waals surface area contributed by atoms with Gasteiger partial charge in [-0.05, 0) is 73.5 Å². The summed E-state index contributed by atoms with van der Waals surface area (Å²) >= 11 is 0. The molecule has 1 aromatic heterocycles. The Hall–Kier alpha value is -4.02. The number of primary sulfonamides is 1. The number of aliphatic hydroxyl groups excluding tert-OH is 1. The molecule has 0 bridgehead atoms. The van der Waals surface area contributed by atoms with E-state index in [2.05, 4.69) is 4.98 Å². The topological polar surface area (TPSA) is 140 Å². The lowest BCUT2D eigenvalue weighted by molar-refractivity contribution is -0.132. The highest BCUT2D eigenvalue weighted by atomic mass is 32.2. The van der Waals surface area contributed by atoms with E-state index in [1.54, 1.807) is 44.2 Å². The van der Waals surface area contributed by atoms with E-state index < -0.39 is 27.8 Å². The number of ether oxygens (including phenoxy) is 1. The summed E-state index contributed by atoms with van der Waals surface area (Å²) in [6.45, 7) is 3.56. The zero-order valence-corrected chi connectivity index (χ0v) is 20.0. The van der Waals surface area contributed by atoms with Gasteiger partial charge in [0, 0.05) is 17.4 Å². The van der Waals surface area contributed by atoms with Gasteiger partial charge in [0.1, 0.15) is 17.6 Å². The molecule has 9 nitrogen and oxygen atoms in total. The number of carbonyl (C=O) groups is 2. The normalized spacial score (nSPS) is 17.6. The van der Waals surface area contributed by atoms with Crippen molar-refractivity contribution in [1.82, 2.24) is 4.98 Å². The molecule has 1 saturated heterocycles. The van der Waals surface area contributed by atoms with Crippen molar-refractivity contribution in [1.29, 1.82) is 0 Å². The number of carbonyl (C=O) groups excluding carboxylic acids is 2. The van der Waals surface area contributed by atoms with Gasteiger partial charge in [-0.3, -0.25) is 19.5 Å². The van der Waals surface area contributed by atoms with Gasteiger partial charge in [0.25, 0.3) is 11.7 Å². The van der Waals surface area contributed by atoms with Crippen LogP contribution >= 0.6 is 0 Å². The first-order valence-corrected chi connectivity index (χ1v) is 12.1. The number of Topliss-reactive ketones (excluding diaryl/α,β-unsaturated/α-hetero) is 1. The third-order valence-electron chi connectivity index (χ3n) is 5.85. The Morgan fingerprint density at radius 3 is 2.31 bits per heavy atom. The minimum Gasteiger partial charge on any atom is -0.507 e. The van der Waals surface area contributed by atoms with Crippen LogP contribution in [0, 0.1) is 13.8 Å². The second kappa shape index (κ2) is 8.97. The lowest BCUT2D eigenvalue weighted by Crippen LogP contribution is -2.29. The molecule has 2 heterocycles. The van der Waals surface area contributed by atoms with Gasteiger partial charge in [-0.15, -0.1) is 0 Å². The number of hydrogen-bond acceptors (Lipinski definition) is 7. The summed E-state index contributed by atoms with van der Waals surface area (Å²) < 4.78 is 28.6. The molecule has 10 heteroatoms. The van der Waals surface area contributed by atoms with Crippen molar-refractivity contribution in [2.75, 3.05) is 12.0 Å². The number of benzene rings is 2. The number of rotatable bonds is 5. The predicted molar refractivity (Wildman–Crippen MR) is 129 cm³/mol. The summed E-state index contributed by atoms with van der Waals surface area (Å²) in [6.07, 6.45) is 1.52. The molecule has 0 spiro atoms. The summed E-state index contributed by atoms with van der Waals surface area (Å²) in [7, 11) is -2.41. The van der Waals surface area contributed by atoms with Crippen LogP contribution in [0.4, 0.5) is 5.69 Å². The van der Waals surface area contributed by atoms with Crippen molar-refractivity contribution in [2.45, 2.75) is 24.8 Å². The zero-order valence-electron chi connectivity index (χ0n) is 19.2. The molecule has 0 saturated carbocycles. The van der Waals surface area contributed by atoms with E-state index in [0.29, 0.717) is 22.6 Å². The van der Waals surface area contributed by atoms with Crippen molar-refractivity contribution in [3.05, 3.63) is 88.8 Å². The van der Waals surface area contributed by atoms with Crippen LogP contribution in [0.2, 0.25) is 0 Å². The number of amides is 1. The number of aliphatic hydroxyl groups is 1. The minimum absolute atomic E-state index is 0.128. The fourth-order valence-corrected chi connectivity index (χ4v) is 4.64. The molecule has 1 aliphatic heterocycles. The van der Waals surface area contributed by atoms with Gasteiger partial charge >= 0.3 is 0 Å². The Labute approximate surface area is 202 Å². The second-order valence-corrected chi connectivity index (χ2v) is 9.66. The summed E-state index contributed by atoms with van der Waals surface area (Å²) in [6, 6.07) is 12.7. The lowest BCUT2D eigenvalue weighted by atomic mass is 9.95. The van der Waals surface area contributed by atoms with Crippen molar-refractivity contribution >= 4 is 33.2 Å². The Balaban J connectivity index is 1.94. The molecule has 1 atom stereocenters. The van der Waals surface area contributed by atoms with Crippen LogP contribution in [0.25, 0.3) is 5.76 Å². The highest BCUT2D eigenvalue weighted by Crippen LogP contribution is 2.42. The lowest BCUT2D eigenvalue weighted by Gasteiger charge is -2.25. The average Bonchev–Trinajstić information content (AvgIpc) is 3.10. The first-order valence-electron chi connectivity index (χ1n) is 10.5. The van der Waals surface area contributed by atoms with Crippen LogP contribution < -0.4 is 14.8 Å². The molecule has 3 aromatic rings. The molecule has 1 fully saturated rings. The maximum atomic E-state index is 13.3. The fourth-order valence-electron chi connectivity index (χ4n) is 4.12. The number of methoxy groups -OCH3 is 1. The van der Waals surface area contributed by atoms with E-state index in [0.717, 1.165) is 5.56 Å². The second-order valence-electron chi connectivity index (χ2n) is 8.10. The van der Waals surface area contributed by atoms with Gasteiger partial charge in [0.15, 0.2) is 0 Å². The molecule has 3 N–H and O–H groups in total. The van der Waals surface area contributed by atoms with E-state index in [-0.39, 0.29) is 21.9 Å². The first kappa shape index (κ1) is 24.1.